The lowest BCUT2D eigenvalue weighted by atomic mass is 9.76. The first-order valence-electron chi connectivity index (χ1n) is 8.26. The van der Waals surface area contributed by atoms with E-state index in [1.54, 1.807) is 31.2 Å². The van der Waals surface area contributed by atoms with Gasteiger partial charge in [0.05, 0.1) is 5.56 Å². The topological polar surface area (TPSA) is 76.4 Å². The molecule has 0 radical (unpaired) electrons. The average molecular weight is 339 g/mol. The molecule has 0 bridgehead atoms. The summed E-state index contributed by atoms with van der Waals surface area (Å²) in [6.45, 7) is 7.26. The molecule has 1 amide bonds. The molecular formula is C20H21NO4. The van der Waals surface area contributed by atoms with Gasteiger partial charge in [-0.3, -0.25) is 14.4 Å². The molecule has 1 N–H and O–H groups in total. The van der Waals surface area contributed by atoms with Gasteiger partial charge in [0.1, 0.15) is 5.76 Å². The van der Waals surface area contributed by atoms with Crippen LogP contribution in [0.3, 0.4) is 0 Å². The van der Waals surface area contributed by atoms with Crippen molar-refractivity contribution < 1.29 is 18.8 Å². The molecule has 130 valence electrons. The molecule has 1 heterocycles. The van der Waals surface area contributed by atoms with Crippen LogP contribution in [0.4, 0.5) is 5.69 Å². The van der Waals surface area contributed by atoms with Crippen LogP contribution in [0.5, 0.6) is 0 Å². The highest BCUT2D eigenvalue weighted by atomic mass is 16.4. The van der Waals surface area contributed by atoms with Gasteiger partial charge >= 0.3 is 0 Å². The third-order valence-electron chi connectivity index (χ3n) is 4.53. The van der Waals surface area contributed by atoms with Crippen molar-refractivity contribution in [1.82, 2.24) is 0 Å². The Labute approximate surface area is 146 Å². The minimum atomic E-state index is -0.395. The first kappa shape index (κ1) is 17.1. The first-order chi connectivity index (χ1) is 11.7. The third-order valence-corrected chi connectivity index (χ3v) is 4.53. The number of furan rings is 1. The maximum Gasteiger partial charge on any atom is 0.291 e. The third kappa shape index (κ3) is 3.27. The van der Waals surface area contributed by atoms with E-state index in [4.69, 9.17) is 4.42 Å². The molecule has 0 saturated heterocycles. The maximum absolute atomic E-state index is 12.6. The lowest BCUT2D eigenvalue weighted by molar-refractivity contribution is 0.0898. The molecule has 25 heavy (non-hydrogen) atoms. The zero-order valence-electron chi connectivity index (χ0n) is 14.9. The van der Waals surface area contributed by atoms with Crippen LogP contribution in [0.15, 0.2) is 28.7 Å². The highest BCUT2D eigenvalue weighted by Crippen LogP contribution is 2.38. The standard InChI is InChI=1S/C20H21NO4/c1-11-17-15(23)9-20(3,4)10-16(17)25-18(11)19(24)21-14-7-5-13(6-8-14)12(2)22/h5-8H,9-10H2,1-4H3,(H,21,24). The smallest absolute Gasteiger partial charge is 0.291 e. The van der Waals surface area contributed by atoms with Gasteiger partial charge < -0.3 is 9.73 Å². The second kappa shape index (κ2) is 5.99. The summed E-state index contributed by atoms with van der Waals surface area (Å²) in [7, 11) is 0. The fraction of sp³-hybridized carbons (Fsp3) is 0.350. The molecule has 1 aliphatic rings. The Morgan fingerprint density at radius 3 is 2.36 bits per heavy atom. The van der Waals surface area contributed by atoms with Crippen LogP contribution in [0.1, 0.15) is 69.8 Å². The minimum absolute atomic E-state index is 0.0253. The van der Waals surface area contributed by atoms with Gasteiger partial charge in [-0.25, -0.2) is 0 Å². The van der Waals surface area contributed by atoms with Gasteiger partial charge in [0.2, 0.25) is 0 Å². The van der Waals surface area contributed by atoms with Gasteiger partial charge in [0, 0.05) is 29.7 Å². The van der Waals surface area contributed by atoms with Gasteiger partial charge in [-0.05, 0) is 43.5 Å². The predicted molar refractivity (Wildman–Crippen MR) is 94.3 cm³/mol. The zero-order chi connectivity index (χ0) is 18.4. The van der Waals surface area contributed by atoms with E-state index in [1.165, 1.54) is 6.92 Å². The predicted octanol–water partition coefficient (Wildman–Crippen LogP) is 4.20. The van der Waals surface area contributed by atoms with E-state index in [9.17, 15) is 14.4 Å². The Morgan fingerprint density at radius 2 is 1.76 bits per heavy atom. The van der Waals surface area contributed by atoms with Crippen molar-refractivity contribution in [1.29, 1.82) is 0 Å². The van der Waals surface area contributed by atoms with Crippen molar-refractivity contribution in [2.45, 2.75) is 40.5 Å². The zero-order valence-corrected chi connectivity index (χ0v) is 14.9. The number of anilines is 1. The number of hydrogen-bond donors (Lipinski definition) is 1. The van der Waals surface area contributed by atoms with E-state index in [2.05, 4.69) is 5.32 Å². The molecule has 1 aliphatic carbocycles. The number of ketones is 2. The van der Waals surface area contributed by atoms with E-state index in [1.807, 2.05) is 13.8 Å². The van der Waals surface area contributed by atoms with Gasteiger partial charge in [-0.1, -0.05) is 13.8 Å². The number of fused-ring (bicyclic) bond motifs is 1. The summed E-state index contributed by atoms with van der Waals surface area (Å²) in [6.07, 6.45) is 1.09. The number of Topliss-reactive ketones (excluding diaryl/α,β-unsaturated/α-hetero) is 2. The molecule has 5 heteroatoms. The van der Waals surface area contributed by atoms with Gasteiger partial charge in [-0.2, -0.15) is 0 Å². The summed E-state index contributed by atoms with van der Waals surface area (Å²) in [6, 6.07) is 6.65. The SMILES string of the molecule is CC(=O)c1ccc(NC(=O)c2oc3c(c2C)C(=O)CC(C)(C)C3)cc1. The summed E-state index contributed by atoms with van der Waals surface area (Å²) >= 11 is 0. The second-order valence-electron chi connectivity index (χ2n) is 7.38. The Balaban J connectivity index is 1.86. The molecule has 1 aromatic carbocycles. The molecule has 2 aromatic rings. The maximum atomic E-state index is 12.6. The summed E-state index contributed by atoms with van der Waals surface area (Å²) in [4.78, 5) is 36.3. The monoisotopic (exact) mass is 339 g/mol. The number of rotatable bonds is 3. The van der Waals surface area contributed by atoms with Gasteiger partial charge in [-0.15, -0.1) is 0 Å². The number of carbonyl (C=O) groups excluding carboxylic acids is 3. The van der Waals surface area contributed by atoms with Crippen LogP contribution in [0, 0.1) is 12.3 Å². The van der Waals surface area contributed by atoms with Gasteiger partial charge in [0.15, 0.2) is 17.3 Å². The van der Waals surface area contributed by atoms with Crippen LogP contribution < -0.4 is 5.32 Å². The van der Waals surface area contributed by atoms with Crippen molar-refractivity contribution in [3.63, 3.8) is 0 Å². The van der Waals surface area contributed by atoms with Crippen LogP contribution >= 0.6 is 0 Å². The van der Waals surface area contributed by atoms with Crippen LogP contribution in [0.2, 0.25) is 0 Å². The van der Waals surface area contributed by atoms with Crippen molar-refractivity contribution in [2.75, 3.05) is 5.32 Å². The largest absolute Gasteiger partial charge is 0.455 e. The Hall–Kier alpha value is -2.69. The average Bonchev–Trinajstić information content (AvgIpc) is 2.83. The highest BCUT2D eigenvalue weighted by Gasteiger charge is 2.37. The first-order valence-corrected chi connectivity index (χ1v) is 8.26. The summed E-state index contributed by atoms with van der Waals surface area (Å²) < 4.78 is 5.75. The quantitative estimate of drug-likeness (QED) is 0.850. The van der Waals surface area contributed by atoms with Crippen molar-refractivity contribution in [3.05, 3.63) is 52.5 Å². The van der Waals surface area contributed by atoms with E-state index in [0.717, 1.165) is 0 Å². The normalized spacial score (nSPS) is 15.6. The highest BCUT2D eigenvalue weighted by molar-refractivity contribution is 6.07. The van der Waals surface area contributed by atoms with Crippen molar-refractivity contribution in [2.24, 2.45) is 5.41 Å². The number of hydrogen-bond acceptors (Lipinski definition) is 4. The molecule has 0 aliphatic heterocycles. The molecule has 0 spiro atoms. The van der Waals surface area contributed by atoms with E-state index in [0.29, 0.717) is 41.0 Å². The van der Waals surface area contributed by atoms with E-state index < -0.39 is 5.91 Å². The Kier molecular flexibility index (Phi) is 4.11. The summed E-state index contributed by atoms with van der Waals surface area (Å²) in [5, 5.41) is 2.75. The summed E-state index contributed by atoms with van der Waals surface area (Å²) in [5.41, 5.74) is 2.13. The number of amides is 1. The van der Waals surface area contributed by atoms with Crippen molar-refractivity contribution in [3.8, 4) is 0 Å². The second-order valence-corrected chi connectivity index (χ2v) is 7.38. The molecule has 5 nitrogen and oxygen atoms in total. The molecule has 0 fully saturated rings. The molecule has 0 saturated carbocycles. The molecule has 1 aromatic heterocycles. The van der Waals surface area contributed by atoms with Crippen LogP contribution in [-0.2, 0) is 6.42 Å². The fourth-order valence-corrected chi connectivity index (χ4v) is 3.28. The van der Waals surface area contributed by atoms with Crippen LogP contribution in [-0.4, -0.2) is 17.5 Å². The Bertz CT molecular complexity index is 872. The number of benzene rings is 1. The molecule has 3 rings (SSSR count). The van der Waals surface area contributed by atoms with E-state index >= 15 is 0 Å². The van der Waals surface area contributed by atoms with Crippen molar-refractivity contribution >= 4 is 23.2 Å². The summed E-state index contributed by atoms with van der Waals surface area (Å²) in [5.74, 6) is 0.363. The van der Waals surface area contributed by atoms with E-state index in [-0.39, 0.29) is 22.7 Å². The Morgan fingerprint density at radius 1 is 1.12 bits per heavy atom. The lowest BCUT2D eigenvalue weighted by Crippen LogP contribution is -2.26. The molecule has 0 atom stereocenters. The molecule has 0 unspecified atom stereocenters. The minimum Gasteiger partial charge on any atom is -0.455 e. The van der Waals surface area contributed by atoms with Crippen LogP contribution in [0.25, 0.3) is 0 Å². The number of nitrogens with one attached hydrogen (secondary N) is 1. The number of carbonyl (C=O) groups is 3. The lowest BCUT2D eigenvalue weighted by Gasteiger charge is -2.27. The fourth-order valence-electron chi connectivity index (χ4n) is 3.28. The molecular weight excluding hydrogens is 318 g/mol. The van der Waals surface area contributed by atoms with Gasteiger partial charge in [0.25, 0.3) is 5.91 Å².